The number of nitrogens with zero attached hydrogens (tertiary/aromatic N) is 2. The fourth-order valence-electron chi connectivity index (χ4n) is 3.72. The van der Waals surface area contributed by atoms with Gasteiger partial charge in [0.15, 0.2) is 0 Å². The summed E-state index contributed by atoms with van der Waals surface area (Å²) < 4.78 is 20.7. The van der Waals surface area contributed by atoms with Crippen molar-refractivity contribution in [3.05, 3.63) is 71.1 Å². The van der Waals surface area contributed by atoms with E-state index in [0.717, 1.165) is 16.5 Å². The molecule has 0 atom stereocenters. The number of thiophene rings is 1. The molecule has 0 unspecified atom stereocenters. The lowest BCUT2D eigenvalue weighted by molar-refractivity contribution is 0.0692. The summed E-state index contributed by atoms with van der Waals surface area (Å²) in [6.45, 7) is 6.19. The fraction of sp³-hybridized carbons (Fsp3) is 0.296. The predicted molar refractivity (Wildman–Crippen MR) is 141 cm³/mol. The van der Waals surface area contributed by atoms with Crippen molar-refractivity contribution in [1.82, 2.24) is 15.3 Å². The Kier molecular flexibility index (Phi) is 7.81. The van der Waals surface area contributed by atoms with Crippen molar-refractivity contribution in [1.29, 1.82) is 0 Å². The second kappa shape index (κ2) is 11.0. The third-order valence-electron chi connectivity index (χ3n) is 5.46. The summed E-state index contributed by atoms with van der Waals surface area (Å²) >= 11 is 1.40. The fourth-order valence-corrected chi connectivity index (χ4v) is 4.51. The zero-order chi connectivity index (χ0) is 25.7. The number of rotatable bonds is 10. The number of halogens is 1. The Balaban J connectivity index is 1.46. The van der Waals surface area contributed by atoms with Crippen molar-refractivity contribution in [3.63, 3.8) is 0 Å². The molecule has 0 aliphatic carbocycles. The number of carbonyl (C=O) groups excluding carboxylic acids is 1. The molecular weight excluding hydrogens is 479 g/mol. The molecule has 1 amide bonds. The first-order valence-electron chi connectivity index (χ1n) is 11.7. The molecule has 4 aromatic rings. The molecule has 0 bridgehead atoms. The number of ether oxygens (including phenoxy) is 1. The van der Waals surface area contributed by atoms with Gasteiger partial charge in [0.2, 0.25) is 0 Å². The molecule has 3 N–H and O–H groups in total. The number of amides is 1. The number of nitrogens with one attached hydrogen (secondary N) is 2. The lowest BCUT2D eigenvalue weighted by atomic mass is 10.1. The largest absolute Gasteiger partial charge is 0.493 e. The Morgan fingerprint density at radius 2 is 2.00 bits per heavy atom. The van der Waals surface area contributed by atoms with E-state index in [1.54, 1.807) is 38.1 Å². The minimum absolute atomic E-state index is 0.119. The molecular formula is C27H29FN4O3S. The highest BCUT2D eigenvalue weighted by molar-refractivity contribution is 7.17. The van der Waals surface area contributed by atoms with Crippen LogP contribution in [0.15, 0.2) is 54.2 Å². The SMILES string of the molecule is CCOc1cc(-c2cc(NCCc3cc(F)c4sccc4c3)ncn2)ccc1C(=O)NCC(C)(C)O. The molecule has 2 aromatic heterocycles. The second-order valence-corrected chi connectivity index (χ2v) is 9.94. The van der Waals surface area contributed by atoms with Crippen LogP contribution in [0.25, 0.3) is 21.3 Å². The van der Waals surface area contributed by atoms with Gasteiger partial charge in [-0.15, -0.1) is 11.3 Å². The van der Waals surface area contributed by atoms with Crippen LogP contribution in [0, 0.1) is 5.82 Å². The molecule has 4 rings (SSSR count). The number of aromatic nitrogens is 2. The van der Waals surface area contributed by atoms with Crippen molar-refractivity contribution in [2.45, 2.75) is 32.8 Å². The zero-order valence-corrected chi connectivity index (χ0v) is 21.3. The predicted octanol–water partition coefficient (Wildman–Crippen LogP) is 5.05. The van der Waals surface area contributed by atoms with Crippen LogP contribution in [-0.2, 0) is 6.42 Å². The van der Waals surface area contributed by atoms with Gasteiger partial charge in [-0.25, -0.2) is 14.4 Å². The molecule has 0 spiro atoms. The van der Waals surface area contributed by atoms with Crippen LogP contribution in [-0.4, -0.2) is 46.3 Å². The van der Waals surface area contributed by atoms with Gasteiger partial charge in [0.1, 0.15) is 23.7 Å². The average molecular weight is 509 g/mol. The third kappa shape index (κ3) is 6.35. The Hall–Kier alpha value is -3.56. The van der Waals surface area contributed by atoms with Crippen LogP contribution < -0.4 is 15.4 Å². The van der Waals surface area contributed by atoms with Gasteiger partial charge in [0.25, 0.3) is 5.91 Å². The molecule has 0 radical (unpaired) electrons. The number of benzene rings is 2. The first-order valence-corrected chi connectivity index (χ1v) is 12.6. The van der Waals surface area contributed by atoms with E-state index in [4.69, 9.17) is 4.74 Å². The van der Waals surface area contributed by atoms with Crippen LogP contribution in [0.1, 0.15) is 36.7 Å². The molecule has 0 fully saturated rings. The van der Waals surface area contributed by atoms with Gasteiger partial charge < -0.3 is 20.5 Å². The van der Waals surface area contributed by atoms with E-state index in [2.05, 4.69) is 20.6 Å². The smallest absolute Gasteiger partial charge is 0.255 e. The number of anilines is 1. The third-order valence-corrected chi connectivity index (χ3v) is 6.39. The van der Waals surface area contributed by atoms with Gasteiger partial charge in [0, 0.05) is 24.7 Å². The maximum atomic E-state index is 14.3. The van der Waals surface area contributed by atoms with Crippen molar-refractivity contribution in [2.24, 2.45) is 0 Å². The highest BCUT2D eigenvalue weighted by Crippen LogP contribution is 2.28. The standard InChI is InChI=1S/C27H29FN4O3S/c1-4-35-23-13-18(5-6-20(23)26(33)30-15-27(2,3)34)22-14-24(32-16-31-22)29-9-7-17-11-19-8-10-36-25(19)21(28)12-17/h5-6,8,10-14,16,34H,4,7,9,15H2,1-3H3,(H,30,33)(H,29,31,32). The number of aliphatic hydroxyl groups is 1. The first kappa shape index (κ1) is 25.5. The van der Waals surface area contributed by atoms with Gasteiger partial charge in [0.05, 0.1) is 28.2 Å². The molecule has 9 heteroatoms. The Bertz CT molecular complexity index is 1370. The number of fused-ring (bicyclic) bond motifs is 1. The quantitative estimate of drug-likeness (QED) is 0.277. The molecule has 0 saturated heterocycles. The minimum Gasteiger partial charge on any atom is -0.493 e. The molecule has 36 heavy (non-hydrogen) atoms. The van der Waals surface area contributed by atoms with Crippen LogP contribution in [0.4, 0.5) is 10.2 Å². The van der Waals surface area contributed by atoms with Crippen molar-refractivity contribution >= 4 is 33.1 Å². The summed E-state index contributed by atoms with van der Waals surface area (Å²) in [5.74, 6) is 0.558. The monoisotopic (exact) mass is 508 g/mol. The second-order valence-electron chi connectivity index (χ2n) is 9.02. The maximum Gasteiger partial charge on any atom is 0.255 e. The minimum atomic E-state index is -1.02. The lowest BCUT2D eigenvalue weighted by Crippen LogP contribution is -2.38. The van der Waals surface area contributed by atoms with Gasteiger partial charge >= 0.3 is 0 Å². The summed E-state index contributed by atoms with van der Waals surface area (Å²) in [4.78, 5) is 21.3. The summed E-state index contributed by atoms with van der Waals surface area (Å²) in [7, 11) is 0. The zero-order valence-electron chi connectivity index (χ0n) is 20.5. The van der Waals surface area contributed by atoms with Gasteiger partial charge in [-0.3, -0.25) is 4.79 Å². The molecule has 7 nitrogen and oxygen atoms in total. The van der Waals surface area contributed by atoms with Gasteiger partial charge in [-0.1, -0.05) is 12.1 Å². The number of hydrogen-bond acceptors (Lipinski definition) is 7. The van der Waals surface area contributed by atoms with E-state index in [0.29, 0.717) is 47.1 Å². The first-order chi connectivity index (χ1) is 17.2. The number of carbonyl (C=O) groups is 1. The highest BCUT2D eigenvalue weighted by atomic mass is 32.1. The molecule has 2 heterocycles. The van der Waals surface area contributed by atoms with Crippen molar-refractivity contribution < 1.29 is 19.0 Å². The molecule has 2 aromatic carbocycles. The van der Waals surface area contributed by atoms with E-state index in [1.807, 2.05) is 30.5 Å². The van der Waals surface area contributed by atoms with E-state index in [9.17, 15) is 14.3 Å². The van der Waals surface area contributed by atoms with E-state index in [-0.39, 0.29) is 18.3 Å². The summed E-state index contributed by atoms with van der Waals surface area (Å²) in [5.41, 5.74) is 1.72. The van der Waals surface area contributed by atoms with Gasteiger partial charge in [-0.2, -0.15) is 0 Å². The number of hydrogen-bond donors (Lipinski definition) is 3. The van der Waals surface area contributed by atoms with Crippen LogP contribution >= 0.6 is 11.3 Å². The Morgan fingerprint density at radius 3 is 2.78 bits per heavy atom. The summed E-state index contributed by atoms with van der Waals surface area (Å²) in [5, 5.41) is 18.7. The molecule has 0 aliphatic rings. The van der Waals surface area contributed by atoms with Crippen LogP contribution in [0.3, 0.4) is 0 Å². The summed E-state index contributed by atoms with van der Waals surface area (Å²) in [6.07, 6.45) is 2.12. The topological polar surface area (TPSA) is 96.4 Å². The van der Waals surface area contributed by atoms with E-state index < -0.39 is 5.60 Å². The average Bonchev–Trinajstić information content (AvgIpc) is 3.32. The van der Waals surface area contributed by atoms with Crippen LogP contribution in [0.5, 0.6) is 5.75 Å². The maximum absolute atomic E-state index is 14.3. The summed E-state index contributed by atoms with van der Waals surface area (Å²) in [6, 6.07) is 12.6. The van der Waals surface area contributed by atoms with Gasteiger partial charge in [-0.05, 0) is 67.8 Å². The molecule has 0 saturated carbocycles. The molecule has 0 aliphatic heterocycles. The van der Waals surface area contributed by atoms with Crippen molar-refractivity contribution in [2.75, 3.05) is 25.0 Å². The Morgan fingerprint density at radius 1 is 1.17 bits per heavy atom. The van der Waals surface area contributed by atoms with Crippen LogP contribution in [0.2, 0.25) is 0 Å². The highest BCUT2D eigenvalue weighted by Gasteiger charge is 2.18. The Labute approximate surface area is 213 Å². The molecule has 188 valence electrons. The van der Waals surface area contributed by atoms with Crippen molar-refractivity contribution in [3.8, 4) is 17.0 Å². The van der Waals surface area contributed by atoms with E-state index >= 15 is 0 Å². The normalized spacial score (nSPS) is 11.5. The lowest BCUT2D eigenvalue weighted by Gasteiger charge is -2.18. The van der Waals surface area contributed by atoms with E-state index in [1.165, 1.54) is 17.7 Å².